The predicted octanol–water partition coefficient (Wildman–Crippen LogP) is 8.98. The quantitative estimate of drug-likeness (QED) is 0.0755. The van der Waals surface area contributed by atoms with E-state index in [-0.39, 0.29) is 33.0 Å². The van der Waals surface area contributed by atoms with Gasteiger partial charge in [-0.05, 0) is 40.3 Å². The van der Waals surface area contributed by atoms with E-state index in [0.717, 1.165) is 33.4 Å². The van der Waals surface area contributed by atoms with E-state index in [0.29, 0.717) is 13.2 Å². The van der Waals surface area contributed by atoms with E-state index in [1.807, 2.05) is 189 Å². The van der Waals surface area contributed by atoms with Crippen LogP contribution in [0, 0.1) is 0 Å². The van der Waals surface area contributed by atoms with Gasteiger partial charge < -0.3 is 47.7 Å². The SMILES string of the molecule is CC1OC(OCc2ccccc2)C(O)C(OCc2ccccc2)C1OC1OC(COCc2ccccc2)C(OCc2ccccc2)C(OCc2ccccc2)C1OCc1ccccc1. The first-order valence-corrected chi connectivity index (χ1v) is 22.1. The molecule has 10 nitrogen and oxygen atoms in total. The van der Waals surface area contributed by atoms with Crippen LogP contribution >= 0.6 is 0 Å². The molecule has 2 aliphatic heterocycles. The van der Waals surface area contributed by atoms with Crippen LogP contribution in [0.3, 0.4) is 0 Å². The Hall–Kier alpha value is -5.08. The molecular weight excluding hydrogens is 809 g/mol. The van der Waals surface area contributed by atoms with Gasteiger partial charge in [-0.3, -0.25) is 0 Å². The molecule has 64 heavy (non-hydrogen) atoms. The van der Waals surface area contributed by atoms with Crippen LogP contribution in [0.2, 0.25) is 0 Å². The first-order valence-electron chi connectivity index (χ1n) is 22.1. The molecule has 0 spiro atoms. The van der Waals surface area contributed by atoms with Gasteiger partial charge in [0.2, 0.25) is 0 Å². The molecule has 6 aromatic carbocycles. The molecular formula is C54H58O10. The molecule has 0 bridgehead atoms. The second-order valence-electron chi connectivity index (χ2n) is 16.2. The first kappa shape index (κ1) is 45.5. The van der Waals surface area contributed by atoms with Crippen LogP contribution in [-0.2, 0) is 82.3 Å². The largest absolute Gasteiger partial charge is 0.385 e. The van der Waals surface area contributed by atoms with E-state index in [1.54, 1.807) is 0 Å². The highest BCUT2D eigenvalue weighted by Crippen LogP contribution is 2.36. The van der Waals surface area contributed by atoms with Gasteiger partial charge in [-0.15, -0.1) is 0 Å². The Morgan fingerprint density at radius 2 is 0.734 bits per heavy atom. The molecule has 0 saturated carbocycles. The van der Waals surface area contributed by atoms with Crippen LogP contribution < -0.4 is 0 Å². The van der Waals surface area contributed by atoms with E-state index in [4.69, 9.17) is 42.6 Å². The van der Waals surface area contributed by atoms with Gasteiger partial charge in [0.1, 0.15) is 42.7 Å². The predicted molar refractivity (Wildman–Crippen MR) is 241 cm³/mol. The first-order chi connectivity index (χ1) is 31.6. The standard InChI is InChI=1S/C54H58O10/c1-39-48(50(58-34-42-24-12-4-13-25-42)47(55)53(62-39)61-37-45-30-18-7-19-31-45)64-54-52(60-36-44-28-16-6-17-29-44)51(59-35-43-26-14-5-15-27-43)49(57-33-41-22-10-3-11-23-41)46(63-54)38-56-32-40-20-8-2-9-21-40/h2-31,39,46-55H,32-38H2,1H3. The lowest BCUT2D eigenvalue weighted by Crippen LogP contribution is -2.65. The molecule has 2 heterocycles. The number of aliphatic hydroxyl groups excluding tert-OH is 1. The molecule has 0 radical (unpaired) electrons. The number of hydrogen-bond donors (Lipinski definition) is 1. The summed E-state index contributed by atoms with van der Waals surface area (Å²) in [7, 11) is 0. The fourth-order valence-corrected chi connectivity index (χ4v) is 8.04. The van der Waals surface area contributed by atoms with Crippen molar-refractivity contribution in [2.75, 3.05) is 6.61 Å². The van der Waals surface area contributed by atoms with E-state index in [9.17, 15) is 5.11 Å². The number of rotatable bonds is 21. The Kier molecular flexibility index (Phi) is 16.9. The number of hydrogen-bond acceptors (Lipinski definition) is 10. The van der Waals surface area contributed by atoms with Crippen molar-refractivity contribution in [2.24, 2.45) is 0 Å². The van der Waals surface area contributed by atoms with Crippen LogP contribution in [0.25, 0.3) is 0 Å². The maximum atomic E-state index is 12.1. The number of aliphatic hydroxyl groups is 1. The van der Waals surface area contributed by atoms with Crippen LogP contribution in [0.15, 0.2) is 182 Å². The molecule has 0 amide bonds. The third-order valence-electron chi connectivity index (χ3n) is 11.4. The summed E-state index contributed by atoms with van der Waals surface area (Å²) in [6.07, 6.45) is -8.52. The summed E-state index contributed by atoms with van der Waals surface area (Å²) < 4.78 is 60.6. The highest BCUT2D eigenvalue weighted by Gasteiger charge is 2.53. The number of benzene rings is 6. The lowest BCUT2D eigenvalue weighted by molar-refractivity contribution is -0.371. The highest BCUT2D eigenvalue weighted by atomic mass is 16.8. The third kappa shape index (κ3) is 12.8. The van der Waals surface area contributed by atoms with Crippen molar-refractivity contribution in [1.29, 1.82) is 0 Å². The van der Waals surface area contributed by atoms with Crippen molar-refractivity contribution in [3.63, 3.8) is 0 Å². The third-order valence-corrected chi connectivity index (χ3v) is 11.4. The van der Waals surface area contributed by atoms with E-state index in [1.165, 1.54) is 0 Å². The summed E-state index contributed by atoms with van der Waals surface area (Å²) in [5.74, 6) is 0. The van der Waals surface area contributed by atoms with Gasteiger partial charge >= 0.3 is 0 Å². The molecule has 0 aliphatic carbocycles. The van der Waals surface area contributed by atoms with Crippen molar-refractivity contribution in [3.05, 3.63) is 215 Å². The molecule has 334 valence electrons. The maximum absolute atomic E-state index is 12.1. The minimum Gasteiger partial charge on any atom is -0.385 e. The molecule has 10 unspecified atom stereocenters. The summed E-state index contributed by atoms with van der Waals surface area (Å²) in [6, 6.07) is 59.6. The van der Waals surface area contributed by atoms with Gasteiger partial charge in [-0.1, -0.05) is 182 Å². The minimum atomic E-state index is -1.22. The van der Waals surface area contributed by atoms with Gasteiger partial charge in [-0.2, -0.15) is 0 Å². The lowest BCUT2D eigenvalue weighted by Gasteiger charge is -2.49. The zero-order valence-corrected chi connectivity index (χ0v) is 36.2. The average Bonchev–Trinajstić information content (AvgIpc) is 3.35. The van der Waals surface area contributed by atoms with Crippen molar-refractivity contribution in [3.8, 4) is 0 Å². The Labute approximate surface area is 376 Å². The molecule has 2 fully saturated rings. The summed E-state index contributed by atoms with van der Waals surface area (Å²) in [4.78, 5) is 0. The number of ether oxygens (including phenoxy) is 9. The molecule has 10 atom stereocenters. The average molecular weight is 867 g/mol. The van der Waals surface area contributed by atoms with E-state index in [2.05, 4.69) is 0 Å². The molecule has 1 N–H and O–H groups in total. The second kappa shape index (κ2) is 23.7. The topological polar surface area (TPSA) is 103 Å². The normalized spacial score (nSPS) is 25.8. The fourth-order valence-electron chi connectivity index (χ4n) is 8.04. The maximum Gasteiger partial charge on any atom is 0.187 e. The van der Waals surface area contributed by atoms with Gasteiger partial charge in [-0.25, -0.2) is 0 Å². The summed E-state index contributed by atoms with van der Waals surface area (Å²) in [6.45, 7) is 3.68. The van der Waals surface area contributed by atoms with Crippen LogP contribution in [-0.4, -0.2) is 73.1 Å². The summed E-state index contributed by atoms with van der Waals surface area (Å²) in [5, 5.41) is 12.1. The van der Waals surface area contributed by atoms with E-state index < -0.39 is 61.4 Å². The highest BCUT2D eigenvalue weighted by molar-refractivity contribution is 5.18. The molecule has 6 aromatic rings. The zero-order chi connectivity index (χ0) is 43.8. The Morgan fingerprint density at radius 1 is 0.375 bits per heavy atom. The molecule has 8 rings (SSSR count). The fraction of sp³-hybridized carbons (Fsp3) is 0.333. The van der Waals surface area contributed by atoms with Crippen LogP contribution in [0.5, 0.6) is 0 Å². The Balaban J connectivity index is 1.12. The summed E-state index contributed by atoms with van der Waals surface area (Å²) >= 11 is 0. The minimum absolute atomic E-state index is 0.160. The van der Waals surface area contributed by atoms with Crippen LogP contribution in [0.1, 0.15) is 40.3 Å². The lowest BCUT2D eigenvalue weighted by atomic mass is 9.96. The van der Waals surface area contributed by atoms with Gasteiger partial charge in [0.05, 0.1) is 52.4 Å². The molecule has 2 saturated heterocycles. The van der Waals surface area contributed by atoms with Gasteiger partial charge in [0.25, 0.3) is 0 Å². The van der Waals surface area contributed by atoms with Crippen molar-refractivity contribution in [2.45, 2.75) is 108 Å². The van der Waals surface area contributed by atoms with Gasteiger partial charge in [0, 0.05) is 0 Å². The molecule has 2 aliphatic rings. The van der Waals surface area contributed by atoms with Crippen LogP contribution in [0.4, 0.5) is 0 Å². The molecule has 0 aromatic heterocycles. The van der Waals surface area contributed by atoms with Crippen molar-refractivity contribution >= 4 is 0 Å². The summed E-state index contributed by atoms with van der Waals surface area (Å²) in [5.41, 5.74) is 5.86. The second-order valence-corrected chi connectivity index (χ2v) is 16.2. The van der Waals surface area contributed by atoms with Gasteiger partial charge in [0.15, 0.2) is 12.6 Å². The van der Waals surface area contributed by atoms with E-state index >= 15 is 0 Å². The van der Waals surface area contributed by atoms with Crippen molar-refractivity contribution in [1.82, 2.24) is 0 Å². The monoisotopic (exact) mass is 866 g/mol. The Morgan fingerprint density at radius 3 is 1.17 bits per heavy atom. The molecule has 10 heteroatoms. The zero-order valence-electron chi connectivity index (χ0n) is 36.2. The smallest absolute Gasteiger partial charge is 0.187 e. The van der Waals surface area contributed by atoms with Crippen molar-refractivity contribution < 1.29 is 47.7 Å². The Bertz CT molecular complexity index is 2190.